The molecule has 0 bridgehead atoms. The number of hydrogen-bond acceptors (Lipinski definition) is 4. The normalized spacial score (nSPS) is 13.0. The van der Waals surface area contributed by atoms with Gasteiger partial charge in [0.15, 0.2) is 0 Å². The molecule has 0 aromatic rings. The van der Waals surface area contributed by atoms with E-state index in [2.05, 4.69) is 74.6 Å². The molecule has 0 aliphatic heterocycles. The van der Waals surface area contributed by atoms with Crippen LogP contribution >= 0.6 is 0 Å². The van der Waals surface area contributed by atoms with Gasteiger partial charge in [0.25, 0.3) is 0 Å². The van der Waals surface area contributed by atoms with Crippen LogP contribution in [-0.2, 0) is 14.3 Å². The van der Waals surface area contributed by atoms with Crippen LogP contribution in [0.5, 0.6) is 0 Å². The molecular weight excluding hydrogens is 556 g/mol. The minimum absolute atomic E-state index is 0.185. The van der Waals surface area contributed by atoms with Crippen molar-refractivity contribution >= 4 is 5.97 Å². The molecule has 0 spiro atoms. The molecule has 0 amide bonds. The lowest BCUT2D eigenvalue weighted by Crippen LogP contribution is -2.27. The van der Waals surface area contributed by atoms with E-state index >= 15 is 0 Å². The molecule has 0 saturated carbocycles. The number of rotatable bonds is 34. The molecule has 0 fully saturated rings. The van der Waals surface area contributed by atoms with Crippen molar-refractivity contribution in [1.29, 1.82) is 0 Å². The highest BCUT2D eigenvalue weighted by Crippen LogP contribution is 2.13. The van der Waals surface area contributed by atoms with Gasteiger partial charge >= 0.3 is 5.97 Å². The Hall–Kier alpha value is -1.91. The first-order valence-corrected chi connectivity index (χ1v) is 18.9. The van der Waals surface area contributed by atoms with Crippen molar-refractivity contribution in [3.05, 3.63) is 60.8 Å². The van der Waals surface area contributed by atoms with Crippen molar-refractivity contribution in [3.8, 4) is 0 Å². The molecule has 0 rings (SSSR count). The Morgan fingerprint density at radius 3 is 1.51 bits per heavy atom. The fourth-order valence-corrected chi connectivity index (χ4v) is 5.02. The number of ether oxygens (including phenoxy) is 2. The zero-order valence-electron chi connectivity index (χ0n) is 29.6. The second-order valence-electron chi connectivity index (χ2n) is 12.3. The number of aliphatic hydroxyl groups is 1. The first kappa shape index (κ1) is 43.1. The molecule has 0 aliphatic carbocycles. The molecule has 4 heteroatoms. The van der Waals surface area contributed by atoms with E-state index in [1.807, 2.05) is 0 Å². The summed E-state index contributed by atoms with van der Waals surface area (Å²) in [6.07, 6.45) is 49.8. The SMILES string of the molecule is CC/C=C\C/C=C\C/C=C\CCCCCCOCC(CO)OC(=O)CCCCCCCCCCC/C=C\C/C=C\CCCCC. The van der Waals surface area contributed by atoms with Gasteiger partial charge in [0, 0.05) is 13.0 Å². The van der Waals surface area contributed by atoms with Gasteiger partial charge in [0.05, 0.1) is 13.2 Å². The average molecular weight is 629 g/mol. The second kappa shape index (κ2) is 38.3. The van der Waals surface area contributed by atoms with Gasteiger partial charge in [-0.05, 0) is 77.0 Å². The van der Waals surface area contributed by atoms with Crippen LogP contribution in [0.2, 0.25) is 0 Å². The lowest BCUT2D eigenvalue weighted by molar-refractivity contribution is -0.154. The van der Waals surface area contributed by atoms with Crippen molar-refractivity contribution in [2.45, 2.75) is 174 Å². The third-order valence-corrected chi connectivity index (χ3v) is 7.83. The van der Waals surface area contributed by atoms with Gasteiger partial charge < -0.3 is 14.6 Å². The van der Waals surface area contributed by atoms with Crippen LogP contribution in [0.3, 0.4) is 0 Å². The maximum atomic E-state index is 12.2. The Kier molecular flexibility index (Phi) is 36.6. The van der Waals surface area contributed by atoms with E-state index in [1.54, 1.807) is 0 Å². The molecule has 0 aromatic carbocycles. The van der Waals surface area contributed by atoms with Crippen LogP contribution < -0.4 is 0 Å². The van der Waals surface area contributed by atoms with E-state index in [0.29, 0.717) is 13.0 Å². The Bertz CT molecular complexity index is 749. The Morgan fingerprint density at radius 2 is 1.00 bits per heavy atom. The van der Waals surface area contributed by atoms with E-state index < -0.39 is 6.10 Å². The van der Waals surface area contributed by atoms with E-state index in [9.17, 15) is 9.90 Å². The fraction of sp³-hybridized carbons (Fsp3) is 0.732. The van der Waals surface area contributed by atoms with Gasteiger partial charge in [-0.15, -0.1) is 0 Å². The number of unbranched alkanes of at least 4 members (excludes halogenated alkanes) is 16. The number of aliphatic hydroxyl groups excluding tert-OH is 1. The van der Waals surface area contributed by atoms with Gasteiger partial charge in [0.2, 0.25) is 0 Å². The van der Waals surface area contributed by atoms with E-state index in [0.717, 1.165) is 57.8 Å². The molecule has 45 heavy (non-hydrogen) atoms. The Balaban J connectivity index is 3.49. The predicted octanol–water partition coefficient (Wildman–Crippen LogP) is 12.1. The zero-order chi connectivity index (χ0) is 32.7. The molecule has 0 aromatic heterocycles. The molecule has 0 saturated heterocycles. The topological polar surface area (TPSA) is 55.8 Å². The molecule has 0 radical (unpaired) electrons. The predicted molar refractivity (Wildman–Crippen MR) is 196 cm³/mol. The fourth-order valence-electron chi connectivity index (χ4n) is 5.02. The number of allylic oxidation sites excluding steroid dienone is 10. The summed E-state index contributed by atoms with van der Waals surface area (Å²) in [5.41, 5.74) is 0. The maximum absolute atomic E-state index is 12.2. The quantitative estimate of drug-likeness (QED) is 0.0437. The summed E-state index contributed by atoms with van der Waals surface area (Å²) < 4.78 is 11.1. The van der Waals surface area contributed by atoms with Crippen LogP contribution in [0.1, 0.15) is 168 Å². The largest absolute Gasteiger partial charge is 0.457 e. The summed E-state index contributed by atoms with van der Waals surface area (Å²) in [4.78, 5) is 12.2. The second-order valence-corrected chi connectivity index (χ2v) is 12.3. The van der Waals surface area contributed by atoms with Crippen LogP contribution in [-0.4, -0.2) is 37.0 Å². The third-order valence-electron chi connectivity index (χ3n) is 7.83. The van der Waals surface area contributed by atoms with Gasteiger partial charge in [0.1, 0.15) is 6.10 Å². The molecule has 0 heterocycles. The maximum Gasteiger partial charge on any atom is 0.306 e. The van der Waals surface area contributed by atoms with Crippen molar-refractivity contribution < 1.29 is 19.4 Å². The van der Waals surface area contributed by atoms with Gasteiger partial charge in [-0.1, -0.05) is 145 Å². The summed E-state index contributed by atoms with van der Waals surface area (Å²) in [7, 11) is 0. The molecule has 4 nitrogen and oxygen atoms in total. The highest BCUT2D eigenvalue weighted by atomic mass is 16.6. The molecule has 1 atom stereocenters. The summed E-state index contributed by atoms with van der Waals surface area (Å²) in [5.74, 6) is -0.216. The Morgan fingerprint density at radius 1 is 0.556 bits per heavy atom. The van der Waals surface area contributed by atoms with Crippen LogP contribution in [0, 0.1) is 0 Å². The first-order chi connectivity index (χ1) is 22.2. The molecule has 1 unspecified atom stereocenters. The summed E-state index contributed by atoms with van der Waals surface area (Å²) >= 11 is 0. The van der Waals surface area contributed by atoms with E-state index in [-0.39, 0.29) is 19.2 Å². The summed E-state index contributed by atoms with van der Waals surface area (Å²) in [6.45, 7) is 5.15. The van der Waals surface area contributed by atoms with Crippen molar-refractivity contribution in [1.82, 2.24) is 0 Å². The first-order valence-electron chi connectivity index (χ1n) is 18.9. The molecule has 1 N–H and O–H groups in total. The minimum Gasteiger partial charge on any atom is -0.457 e. The van der Waals surface area contributed by atoms with Crippen molar-refractivity contribution in [3.63, 3.8) is 0 Å². The monoisotopic (exact) mass is 629 g/mol. The summed E-state index contributed by atoms with van der Waals surface area (Å²) in [6, 6.07) is 0. The van der Waals surface area contributed by atoms with Crippen molar-refractivity contribution in [2.75, 3.05) is 19.8 Å². The smallest absolute Gasteiger partial charge is 0.306 e. The van der Waals surface area contributed by atoms with Gasteiger partial charge in [-0.3, -0.25) is 4.79 Å². The average Bonchev–Trinajstić information content (AvgIpc) is 3.05. The number of carbonyl (C=O) groups is 1. The lowest BCUT2D eigenvalue weighted by Gasteiger charge is -2.15. The van der Waals surface area contributed by atoms with E-state index in [4.69, 9.17) is 9.47 Å². The third kappa shape index (κ3) is 36.4. The highest BCUT2D eigenvalue weighted by molar-refractivity contribution is 5.69. The van der Waals surface area contributed by atoms with Gasteiger partial charge in [-0.25, -0.2) is 0 Å². The van der Waals surface area contributed by atoms with Crippen LogP contribution in [0.25, 0.3) is 0 Å². The van der Waals surface area contributed by atoms with Crippen LogP contribution in [0.4, 0.5) is 0 Å². The van der Waals surface area contributed by atoms with E-state index in [1.165, 1.54) is 89.9 Å². The molecular formula is C41H72O4. The van der Waals surface area contributed by atoms with Gasteiger partial charge in [-0.2, -0.15) is 0 Å². The minimum atomic E-state index is -0.549. The highest BCUT2D eigenvalue weighted by Gasteiger charge is 2.13. The lowest BCUT2D eigenvalue weighted by atomic mass is 10.1. The molecule has 260 valence electrons. The molecule has 0 aliphatic rings. The number of hydrogen-bond donors (Lipinski definition) is 1. The van der Waals surface area contributed by atoms with Crippen LogP contribution in [0.15, 0.2) is 60.8 Å². The Labute approximate surface area is 279 Å². The zero-order valence-corrected chi connectivity index (χ0v) is 29.6. The van der Waals surface area contributed by atoms with Crippen molar-refractivity contribution in [2.24, 2.45) is 0 Å². The number of carbonyl (C=O) groups excluding carboxylic acids is 1. The summed E-state index contributed by atoms with van der Waals surface area (Å²) in [5, 5.41) is 9.56. The standard InChI is InChI=1S/C41H72O4/c1-3-5-7-9-11-13-15-17-19-20-21-22-23-24-26-28-30-32-34-36-41(43)45-40(38-42)39-44-37-35-33-31-29-27-25-18-16-14-12-10-8-6-4-2/h6,8,11-14,17-19,25,40,42H,3-5,7,9-10,15-16,20-24,26-39H2,1-2H3/b8-6-,13-11-,14-12-,19-17-,25-18-. The number of esters is 1.